The van der Waals surface area contributed by atoms with Gasteiger partial charge < -0.3 is 0 Å². The number of hydrogen-bond donors (Lipinski definition) is 0. The summed E-state index contributed by atoms with van der Waals surface area (Å²) in [5, 5.41) is 1.20. The van der Waals surface area contributed by atoms with E-state index in [1.807, 2.05) is 30.5 Å². The fourth-order valence-corrected chi connectivity index (χ4v) is 1.59. The van der Waals surface area contributed by atoms with Gasteiger partial charge in [-0.15, -0.1) is 0 Å². The lowest BCUT2D eigenvalue weighted by atomic mass is 10.2. The number of fused-ring (bicyclic) bond motifs is 1. The maximum absolute atomic E-state index is 10.6. The molecule has 0 aliphatic carbocycles. The van der Waals surface area contributed by atoms with Crippen LogP contribution < -0.4 is 0 Å². The van der Waals surface area contributed by atoms with E-state index in [1.165, 1.54) is 12.3 Å². The Balaban J connectivity index is 0.000000141. The smallest absolute Gasteiger partial charge is 0.178 e. The van der Waals surface area contributed by atoms with Gasteiger partial charge in [-0.25, -0.2) is 0 Å². The molecule has 0 unspecified atom stereocenters. The highest BCUT2D eigenvalue weighted by molar-refractivity contribution is 5.91. The van der Waals surface area contributed by atoms with E-state index in [0.29, 0.717) is 5.69 Å². The summed E-state index contributed by atoms with van der Waals surface area (Å²) in [6.07, 6.45) is 3.42. The van der Waals surface area contributed by atoms with Crippen LogP contribution in [0.3, 0.4) is 0 Å². The van der Waals surface area contributed by atoms with Gasteiger partial charge in [-0.1, -0.05) is 30.3 Å². The first-order valence-electron chi connectivity index (χ1n) is 5.99. The summed E-state index contributed by atoms with van der Waals surface area (Å²) in [5.74, 6) is 0.00981. The zero-order valence-electron chi connectivity index (χ0n) is 10.7. The second kappa shape index (κ2) is 6.40. The molecule has 2 aromatic heterocycles. The molecule has 0 atom stereocenters. The largest absolute Gasteiger partial charge is 0.293 e. The average Bonchev–Trinajstić information content (AvgIpc) is 2.49. The summed E-state index contributed by atoms with van der Waals surface area (Å²) in [5.41, 5.74) is 1.59. The minimum atomic E-state index is 0.00981. The van der Waals surface area contributed by atoms with Crippen molar-refractivity contribution < 1.29 is 4.79 Å². The van der Waals surface area contributed by atoms with Crippen LogP contribution in [0.5, 0.6) is 0 Å². The predicted octanol–water partition coefficient (Wildman–Crippen LogP) is 3.52. The van der Waals surface area contributed by atoms with Crippen molar-refractivity contribution in [2.45, 2.75) is 6.92 Å². The first-order valence-corrected chi connectivity index (χ1v) is 5.99. The van der Waals surface area contributed by atoms with Crippen LogP contribution in [0, 0.1) is 0 Å². The Hall–Kier alpha value is -2.55. The van der Waals surface area contributed by atoms with E-state index < -0.39 is 0 Å². The Kier molecular flexibility index (Phi) is 4.34. The average molecular weight is 250 g/mol. The number of aromatic nitrogens is 2. The number of nitrogens with zero attached hydrogens (tertiary/aromatic N) is 2. The van der Waals surface area contributed by atoms with E-state index in [-0.39, 0.29) is 5.78 Å². The van der Waals surface area contributed by atoms with Crippen molar-refractivity contribution in [2.24, 2.45) is 0 Å². The minimum absolute atomic E-state index is 0.00981. The molecule has 3 rings (SSSR count). The molecule has 0 saturated carbocycles. The van der Waals surface area contributed by atoms with Crippen LogP contribution >= 0.6 is 0 Å². The molecule has 0 amide bonds. The number of carbonyl (C=O) groups is 1. The lowest BCUT2D eigenvalue weighted by molar-refractivity contribution is 0.101. The highest BCUT2D eigenvalue weighted by Crippen LogP contribution is 2.07. The monoisotopic (exact) mass is 250 g/mol. The fourth-order valence-electron chi connectivity index (χ4n) is 1.59. The zero-order valence-corrected chi connectivity index (χ0v) is 10.7. The number of rotatable bonds is 1. The molecule has 3 heteroatoms. The minimum Gasteiger partial charge on any atom is -0.293 e. The summed E-state index contributed by atoms with van der Waals surface area (Å²) in [4.78, 5) is 18.6. The predicted molar refractivity (Wildman–Crippen MR) is 76.0 cm³/mol. The molecule has 3 aromatic rings. The van der Waals surface area contributed by atoms with E-state index in [9.17, 15) is 4.79 Å². The Bertz CT molecular complexity index is 600. The third-order valence-corrected chi connectivity index (χ3v) is 2.54. The first-order chi connectivity index (χ1) is 9.27. The number of Topliss-reactive ketones (excluding diaryl/α,β-unsaturated/α-hetero) is 1. The van der Waals surface area contributed by atoms with Crippen LogP contribution in [-0.4, -0.2) is 15.8 Å². The van der Waals surface area contributed by atoms with E-state index in [1.54, 1.807) is 24.4 Å². The third kappa shape index (κ3) is 3.71. The number of para-hydroxylation sites is 1. The summed E-state index contributed by atoms with van der Waals surface area (Å²) < 4.78 is 0. The van der Waals surface area contributed by atoms with E-state index in [0.717, 1.165) is 5.52 Å². The number of ketones is 1. The van der Waals surface area contributed by atoms with Crippen LogP contribution in [0.4, 0.5) is 0 Å². The second-order valence-corrected chi connectivity index (χ2v) is 3.97. The SMILES string of the molecule is CC(=O)c1ccccn1.c1ccc2ncccc2c1. The van der Waals surface area contributed by atoms with Crippen LogP contribution in [0.25, 0.3) is 10.9 Å². The maximum Gasteiger partial charge on any atom is 0.178 e. The van der Waals surface area contributed by atoms with E-state index in [4.69, 9.17) is 0 Å². The summed E-state index contributed by atoms with van der Waals surface area (Å²) >= 11 is 0. The van der Waals surface area contributed by atoms with Crippen molar-refractivity contribution in [3.8, 4) is 0 Å². The van der Waals surface area contributed by atoms with Crippen molar-refractivity contribution in [3.63, 3.8) is 0 Å². The number of hydrogen-bond acceptors (Lipinski definition) is 3. The normalized spacial score (nSPS) is 9.53. The lowest BCUT2D eigenvalue weighted by Gasteiger charge is -1.91. The van der Waals surface area contributed by atoms with Crippen LogP contribution in [0.2, 0.25) is 0 Å². The molecule has 0 bridgehead atoms. The number of pyridine rings is 2. The number of benzene rings is 1. The molecule has 0 aliphatic heterocycles. The molecule has 0 N–H and O–H groups in total. The molecule has 1 aromatic carbocycles. The summed E-state index contributed by atoms with van der Waals surface area (Å²) in [6.45, 7) is 1.50. The lowest BCUT2D eigenvalue weighted by Crippen LogP contribution is -1.93. The molecule has 0 spiro atoms. The van der Waals surface area contributed by atoms with Crippen molar-refractivity contribution in [1.82, 2.24) is 9.97 Å². The van der Waals surface area contributed by atoms with Gasteiger partial charge in [0, 0.05) is 24.7 Å². The molecular weight excluding hydrogens is 236 g/mol. The molecule has 2 heterocycles. The zero-order chi connectivity index (χ0) is 13.5. The van der Waals surface area contributed by atoms with Gasteiger partial charge in [0.1, 0.15) is 5.69 Å². The third-order valence-electron chi connectivity index (χ3n) is 2.54. The van der Waals surface area contributed by atoms with Gasteiger partial charge in [-0.2, -0.15) is 0 Å². The Morgan fingerprint density at radius 3 is 2.16 bits per heavy atom. The quantitative estimate of drug-likeness (QED) is 0.620. The molecule has 94 valence electrons. The van der Waals surface area contributed by atoms with Crippen molar-refractivity contribution in [3.05, 3.63) is 72.7 Å². The van der Waals surface area contributed by atoms with Gasteiger partial charge in [0.2, 0.25) is 0 Å². The standard InChI is InChI=1S/C9H7N.C7H7NO/c1-2-6-9-8(4-1)5-3-7-10-9;1-6(9)7-4-2-3-5-8-7/h1-7H;2-5H,1H3. The van der Waals surface area contributed by atoms with Gasteiger partial charge in [0.15, 0.2) is 5.78 Å². The molecule has 0 fully saturated rings. The van der Waals surface area contributed by atoms with Crippen LogP contribution in [-0.2, 0) is 0 Å². The van der Waals surface area contributed by atoms with Gasteiger partial charge in [-0.3, -0.25) is 14.8 Å². The van der Waals surface area contributed by atoms with Crippen molar-refractivity contribution in [2.75, 3.05) is 0 Å². The van der Waals surface area contributed by atoms with Gasteiger partial charge >= 0.3 is 0 Å². The van der Waals surface area contributed by atoms with Crippen LogP contribution in [0.1, 0.15) is 17.4 Å². The van der Waals surface area contributed by atoms with Gasteiger partial charge in [0.05, 0.1) is 5.52 Å². The topological polar surface area (TPSA) is 42.9 Å². The summed E-state index contributed by atoms with van der Waals surface area (Å²) in [7, 11) is 0. The highest BCUT2D eigenvalue weighted by atomic mass is 16.1. The Labute approximate surface area is 112 Å². The Morgan fingerprint density at radius 1 is 0.842 bits per heavy atom. The van der Waals surface area contributed by atoms with E-state index in [2.05, 4.69) is 22.1 Å². The van der Waals surface area contributed by atoms with Crippen LogP contribution in [0.15, 0.2) is 67.0 Å². The van der Waals surface area contributed by atoms with Gasteiger partial charge in [0.25, 0.3) is 0 Å². The molecule has 0 radical (unpaired) electrons. The molecular formula is C16H14N2O. The first kappa shape index (κ1) is 12.9. The second-order valence-electron chi connectivity index (χ2n) is 3.97. The molecule has 3 nitrogen and oxygen atoms in total. The van der Waals surface area contributed by atoms with Crippen molar-refractivity contribution >= 4 is 16.7 Å². The fraction of sp³-hybridized carbons (Fsp3) is 0.0625. The molecule has 0 aliphatic rings. The molecule has 19 heavy (non-hydrogen) atoms. The summed E-state index contributed by atoms with van der Waals surface area (Å²) in [6, 6.07) is 17.4. The van der Waals surface area contributed by atoms with Crippen molar-refractivity contribution in [1.29, 1.82) is 0 Å². The molecule has 0 saturated heterocycles. The number of carbonyl (C=O) groups excluding carboxylic acids is 1. The maximum atomic E-state index is 10.6. The van der Waals surface area contributed by atoms with Gasteiger partial charge in [-0.05, 0) is 24.3 Å². The van der Waals surface area contributed by atoms with E-state index >= 15 is 0 Å². The highest BCUT2D eigenvalue weighted by Gasteiger charge is 1.94. The Morgan fingerprint density at radius 2 is 1.53 bits per heavy atom.